The summed E-state index contributed by atoms with van der Waals surface area (Å²) in [5, 5.41) is 6.65. The molecule has 4 amide bonds. The van der Waals surface area contributed by atoms with Gasteiger partial charge in [-0.05, 0) is 73.4 Å². The zero-order valence-electron chi connectivity index (χ0n) is 30.6. The molecular formula is C37H50N6O8S. The lowest BCUT2D eigenvalue weighted by atomic mass is 9.85. The SMILES string of the molecule is C=C[C@@H]1CC1(NC(=O)[C@@H]1C[C@@H]2CN1C(=O)[C@H](C(C)(C)C)NC(=O)OCCCCCc1ccc3cc(N(C)C)nc(c3c1)O2)C(=O)NS(=O)(=O)C1CC1. The van der Waals surface area contributed by atoms with Gasteiger partial charge in [0.25, 0.3) is 5.91 Å². The second-order valence-electron chi connectivity index (χ2n) is 15.8. The van der Waals surface area contributed by atoms with Crippen LogP contribution in [0.25, 0.3) is 10.8 Å². The van der Waals surface area contributed by atoms with E-state index < -0.39 is 74.1 Å². The van der Waals surface area contributed by atoms with Gasteiger partial charge in [-0.25, -0.2) is 13.2 Å². The summed E-state index contributed by atoms with van der Waals surface area (Å²) in [6.07, 6.45) is 4.38. The number of hydrogen-bond donors (Lipinski definition) is 3. The Balaban J connectivity index is 1.36. The number of hydrogen-bond acceptors (Lipinski definition) is 10. The second-order valence-corrected chi connectivity index (χ2v) is 17.8. The van der Waals surface area contributed by atoms with E-state index in [-0.39, 0.29) is 26.0 Å². The molecule has 3 N–H and O–H groups in total. The van der Waals surface area contributed by atoms with E-state index in [4.69, 9.17) is 14.5 Å². The van der Waals surface area contributed by atoms with Crippen molar-refractivity contribution >= 4 is 50.4 Å². The van der Waals surface area contributed by atoms with Crippen LogP contribution in [-0.4, -0.2) is 98.3 Å². The summed E-state index contributed by atoms with van der Waals surface area (Å²) in [5.74, 6) is -1.47. The molecule has 4 aliphatic rings. The van der Waals surface area contributed by atoms with Gasteiger partial charge in [0, 0.05) is 31.8 Å². The lowest BCUT2D eigenvalue weighted by Gasteiger charge is -2.35. The number of fused-ring (bicyclic) bond motifs is 3. The number of nitrogens with one attached hydrogen (secondary N) is 3. The fourth-order valence-electron chi connectivity index (χ4n) is 7.02. The van der Waals surface area contributed by atoms with E-state index in [1.54, 1.807) is 20.8 Å². The summed E-state index contributed by atoms with van der Waals surface area (Å²) in [6.45, 7) is 9.37. The van der Waals surface area contributed by atoms with Crippen molar-refractivity contribution in [2.75, 3.05) is 32.1 Å². The molecule has 282 valence electrons. The van der Waals surface area contributed by atoms with E-state index in [0.29, 0.717) is 31.0 Å². The van der Waals surface area contributed by atoms with E-state index in [1.807, 2.05) is 31.1 Å². The van der Waals surface area contributed by atoms with E-state index >= 15 is 0 Å². The Morgan fingerprint density at radius 2 is 1.88 bits per heavy atom. The molecule has 1 aromatic heterocycles. The van der Waals surface area contributed by atoms with Gasteiger partial charge in [0.1, 0.15) is 29.5 Å². The first kappa shape index (κ1) is 37.4. The minimum atomic E-state index is -3.89. The molecule has 52 heavy (non-hydrogen) atoms. The fraction of sp³-hybridized carbons (Fsp3) is 0.595. The molecule has 15 heteroatoms. The molecule has 3 fully saturated rings. The Morgan fingerprint density at radius 3 is 2.54 bits per heavy atom. The number of aromatic nitrogens is 1. The van der Waals surface area contributed by atoms with Gasteiger partial charge in [-0.15, -0.1) is 6.58 Å². The van der Waals surface area contributed by atoms with Gasteiger partial charge in [0.05, 0.1) is 18.4 Å². The molecule has 5 atom stereocenters. The number of benzene rings is 1. The average Bonchev–Trinajstić information content (AvgIpc) is 4.00. The number of anilines is 1. The van der Waals surface area contributed by atoms with E-state index in [2.05, 4.69) is 34.1 Å². The predicted molar refractivity (Wildman–Crippen MR) is 195 cm³/mol. The van der Waals surface area contributed by atoms with Crippen molar-refractivity contribution in [3.05, 3.63) is 42.5 Å². The highest BCUT2D eigenvalue weighted by Gasteiger charge is 2.62. The molecule has 0 spiro atoms. The maximum absolute atomic E-state index is 14.5. The van der Waals surface area contributed by atoms with Crippen LogP contribution in [0.3, 0.4) is 0 Å². The fourth-order valence-corrected chi connectivity index (χ4v) is 8.39. The van der Waals surface area contributed by atoms with Crippen molar-refractivity contribution in [1.29, 1.82) is 0 Å². The monoisotopic (exact) mass is 738 g/mol. The highest BCUT2D eigenvalue weighted by atomic mass is 32.2. The molecule has 2 aromatic rings. The number of ether oxygens (including phenoxy) is 2. The minimum absolute atomic E-state index is 0.0184. The Bertz CT molecular complexity index is 1870. The highest BCUT2D eigenvalue weighted by molar-refractivity contribution is 7.91. The number of nitrogens with zero attached hydrogens (tertiary/aromatic N) is 3. The largest absolute Gasteiger partial charge is 0.472 e. The zero-order chi connectivity index (χ0) is 37.6. The third kappa shape index (κ3) is 7.83. The molecule has 2 aliphatic heterocycles. The topological polar surface area (TPSA) is 176 Å². The summed E-state index contributed by atoms with van der Waals surface area (Å²) in [7, 11) is -0.125. The van der Waals surface area contributed by atoms with Crippen molar-refractivity contribution in [2.24, 2.45) is 11.3 Å². The van der Waals surface area contributed by atoms with Crippen molar-refractivity contribution in [3.8, 4) is 5.88 Å². The van der Waals surface area contributed by atoms with Gasteiger partial charge in [-0.3, -0.25) is 19.1 Å². The number of rotatable bonds is 7. The summed E-state index contributed by atoms with van der Waals surface area (Å²) in [5.41, 5.74) is -1.23. The normalized spacial score (nSPS) is 27.1. The van der Waals surface area contributed by atoms with Crippen LogP contribution in [0.4, 0.5) is 10.6 Å². The molecule has 2 saturated carbocycles. The molecule has 1 aromatic carbocycles. The van der Waals surface area contributed by atoms with E-state index in [9.17, 15) is 27.6 Å². The van der Waals surface area contributed by atoms with Crippen LogP contribution in [0, 0.1) is 11.3 Å². The van der Waals surface area contributed by atoms with E-state index in [0.717, 1.165) is 35.6 Å². The highest BCUT2D eigenvalue weighted by Crippen LogP contribution is 2.45. The van der Waals surface area contributed by atoms with Crippen LogP contribution in [0.1, 0.15) is 71.3 Å². The number of cyclic esters (lactones) is 1. The smallest absolute Gasteiger partial charge is 0.407 e. The van der Waals surface area contributed by atoms with E-state index in [1.165, 1.54) is 11.0 Å². The van der Waals surface area contributed by atoms with Crippen LogP contribution in [0.5, 0.6) is 5.88 Å². The number of amides is 4. The van der Waals surface area contributed by atoms with Crippen LogP contribution >= 0.6 is 0 Å². The zero-order valence-corrected chi connectivity index (χ0v) is 31.4. The first-order valence-corrected chi connectivity index (χ1v) is 19.6. The van der Waals surface area contributed by atoms with Crippen molar-refractivity contribution < 1.29 is 37.1 Å². The Morgan fingerprint density at radius 1 is 1.13 bits per heavy atom. The second kappa shape index (κ2) is 14.2. The Kier molecular flexibility index (Phi) is 10.2. The number of alkyl carbamates (subject to hydrolysis) is 1. The quantitative estimate of drug-likeness (QED) is 0.358. The lowest BCUT2D eigenvalue weighted by molar-refractivity contribution is -0.142. The first-order valence-electron chi connectivity index (χ1n) is 18.0. The number of aryl methyl sites for hydroxylation is 1. The molecule has 3 heterocycles. The average molecular weight is 739 g/mol. The van der Waals surface area contributed by atoms with Gasteiger partial charge < -0.3 is 29.9 Å². The third-order valence-electron chi connectivity index (χ3n) is 10.4. The van der Waals surface area contributed by atoms with Gasteiger partial charge in [-0.2, -0.15) is 4.98 Å². The maximum Gasteiger partial charge on any atom is 0.407 e. The first-order chi connectivity index (χ1) is 24.5. The van der Waals surface area contributed by atoms with Crippen LogP contribution in [0.2, 0.25) is 0 Å². The number of carbonyl (C=O) groups is 4. The predicted octanol–water partition coefficient (Wildman–Crippen LogP) is 3.19. The summed E-state index contributed by atoms with van der Waals surface area (Å²) >= 11 is 0. The summed E-state index contributed by atoms with van der Waals surface area (Å²) in [4.78, 5) is 63.4. The Labute approximate surface area is 305 Å². The molecule has 2 aliphatic carbocycles. The van der Waals surface area contributed by atoms with Crippen molar-refractivity contribution in [3.63, 3.8) is 0 Å². The molecule has 4 bridgehead atoms. The molecule has 0 radical (unpaired) electrons. The summed E-state index contributed by atoms with van der Waals surface area (Å²) < 4.78 is 39.7. The standard InChI is InChI=1S/C37H50N6O8S/c1-7-24-20-37(24,34(46)41-52(48,49)26-14-15-26)40-31(44)28-19-25-21-43(28)33(45)30(36(2,3)4)39-35(47)50-16-10-8-9-11-22-12-13-23-18-29(42(5)6)38-32(51-25)27(23)17-22/h7,12-13,17-18,24-26,28,30H,1,8-11,14-16,19-21H2,2-6H3,(H,39,47)(H,40,44)(H,41,46)/t24-,25-,28+,30-,37?/m1/s1. The third-order valence-corrected chi connectivity index (χ3v) is 12.2. The molecule has 6 rings (SSSR count). The minimum Gasteiger partial charge on any atom is -0.472 e. The number of sulfonamides is 1. The van der Waals surface area contributed by atoms with Crippen LogP contribution in [0.15, 0.2) is 36.9 Å². The maximum atomic E-state index is 14.5. The molecule has 1 unspecified atom stereocenters. The number of carbonyl (C=O) groups excluding carboxylic acids is 4. The van der Waals surface area contributed by atoms with Gasteiger partial charge >= 0.3 is 6.09 Å². The van der Waals surface area contributed by atoms with Crippen molar-refractivity contribution in [2.45, 2.75) is 101 Å². The lowest BCUT2D eigenvalue weighted by Crippen LogP contribution is -2.60. The van der Waals surface area contributed by atoms with Crippen LogP contribution in [-0.2, 0) is 35.6 Å². The van der Waals surface area contributed by atoms with Crippen molar-refractivity contribution in [1.82, 2.24) is 25.2 Å². The molecule has 14 nitrogen and oxygen atoms in total. The molecular weight excluding hydrogens is 689 g/mol. The Hall–Kier alpha value is -4.40. The van der Waals surface area contributed by atoms with Crippen LogP contribution < -0.4 is 25.0 Å². The van der Waals surface area contributed by atoms with Gasteiger partial charge in [0.2, 0.25) is 27.7 Å². The summed E-state index contributed by atoms with van der Waals surface area (Å²) in [6, 6.07) is 5.94. The van der Waals surface area contributed by atoms with Gasteiger partial charge in [-0.1, -0.05) is 39.0 Å². The van der Waals surface area contributed by atoms with Gasteiger partial charge in [0.15, 0.2) is 0 Å². The molecule has 1 saturated heterocycles. The number of pyridine rings is 1.